The summed E-state index contributed by atoms with van der Waals surface area (Å²) in [5, 5.41) is 3.55. The van der Waals surface area contributed by atoms with E-state index in [9.17, 15) is 9.59 Å². The number of aryl methyl sites for hydroxylation is 1. The molecule has 0 saturated heterocycles. The molecule has 1 unspecified atom stereocenters. The highest BCUT2D eigenvalue weighted by molar-refractivity contribution is 8.00. The molecule has 1 N–H and O–H groups in total. The molecule has 0 aliphatic rings. The number of nitrogens with one attached hydrogen (secondary N) is 1. The summed E-state index contributed by atoms with van der Waals surface area (Å²) in [5.74, 6) is -0.0682. The number of nitrogens with zero attached hydrogens (tertiary/aromatic N) is 2. The van der Waals surface area contributed by atoms with Gasteiger partial charge in [-0.25, -0.2) is 4.98 Å². The van der Waals surface area contributed by atoms with Crippen LogP contribution in [0.1, 0.15) is 39.2 Å². The van der Waals surface area contributed by atoms with E-state index >= 15 is 0 Å². The summed E-state index contributed by atoms with van der Waals surface area (Å²) in [6.45, 7) is 6.46. The number of rotatable bonds is 8. The molecule has 1 aromatic heterocycles. The summed E-state index contributed by atoms with van der Waals surface area (Å²) >= 11 is 1.30. The first kappa shape index (κ1) is 21.1. The zero-order valence-corrected chi connectivity index (χ0v) is 18.0. The van der Waals surface area contributed by atoms with E-state index in [4.69, 9.17) is 4.98 Å². The van der Waals surface area contributed by atoms with Gasteiger partial charge in [-0.3, -0.25) is 14.2 Å². The van der Waals surface area contributed by atoms with Crippen LogP contribution in [-0.2, 0) is 11.2 Å². The summed E-state index contributed by atoms with van der Waals surface area (Å²) in [4.78, 5) is 30.2. The van der Waals surface area contributed by atoms with Gasteiger partial charge in [0.15, 0.2) is 5.16 Å². The van der Waals surface area contributed by atoms with Crippen LogP contribution in [0.4, 0.5) is 0 Å². The highest BCUT2D eigenvalue weighted by atomic mass is 32.2. The van der Waals surface area contributed by atoms with E-state index in [1.54, 1.807) is 10.6 Å². The summed E-state index contributed by atoms with van der Waals surface area (Å²) in [5.41, 5.74) is 2.53. The first-order chi connectivity index (χ1) is 14.0. The summed E-state index contributed by atoms with van der Waals surface area (Å²) in [6, 6.07) is 15.4. The maximum atomic E-state index is 13.3. The highest BCUT2D eigenvalue weighted by Gasteiger charge is 2.19. The molecule has 152 valence electrons. The Bertz CT molecular complexity index is 1040. The number of amides is 1. The second kappa shape index (κ2) is 9.74. The fraction of sp³-hybridized carbons (Fsp3) is 0.348. The van der Waals surface area contributed by atoms with Crippen LogP contribution < -0.4 is 10.9 Å². The van der Waals surface area contributed by atoms with Crippen molar-refractivity contribution in [1.82, 2.24) is 14.9 Å². The molecule has 3 aromatic rings. The van der Waals surface area contributed by atoms with Crippen LogP contribution >= 0.6 is 11.8 Å². The van der Waals surface area contributed by atoms with Gasteiger partial charge < -0.3 is 5.32 Å². The molecule has 6 heteroatoms. The molecular weight excluding hydrogens is 382 g/mol. The van der Waals surface area contributed by atoms with Crippen molar-refractivity contribution in [2.24, 2.45) is 0 Å². The molecule has 1 amide bonds. The van der Waals surface area contributed by atoms with Gasteiger partial charge in [0, 0.05) is 6.54 Å². The van der Waals surface area contributed by atoms with Gasteiger partial charge in [-0.15, -0.1) is 0 Å². The molecule has 1 heterocycles. The summed E-state index contributed by atoms with van der Waals surface area (Å²) in [6.07, 6.45) is 3.31. The van der Waals surface area contributed by atoms with Crippen LogP contribution in [0, 0.1) is 0 Å². The van der Waals surface area contributed by atoms with Gasteiger partial charge in [-0.05, 0) is 56.5 Å². The Labute approximate surface area is 175 Å². The van der Waals surface area contributed by atoms with Crippen molar-refractivity contribution in [3.05, 3.63) is 64.4 Å². The summed E-state index contributed by atoms with van der Waals surface area (Å²) in [7, 11) is 0. The topological polar surface area (TPSA) is 64.0 Å². The second-order valence-electron chi connectivity index (χ2n) is 6.98. The Morgan fingerprint density at radius 2 is 1.86 bits per heavy atom. The van der Waals surface area contributed by atoms with Crippen LogP contribution in [0.3, 0.4) is 0 Å². The molecule has 0 bridgehead atoms. The molecule has 0 spiro atoms. The van der Waals surface area contributed by atoms with Crippen LogP contribution in [0.5, 0.6) is 0 Å². The minimum Gasteiger partial charge on any atom is -0.355 e. The lowest BCUT2D eigenvalue weighted by molar-refractivity contribution is -0.120. The van der Waals surface area contributed by atoms with Gasteiger partial charge in [0.05, 0.1) is 21.8 Å². The number of aromatic nitrogens is 2. The molecule has 0 radical (unpaired) electrons. The standard InChI is InChI=1S/C23H27N3O2S/c1-4-6-9-17-12-14-18(15-13-17)26-22(28)19-10-7-8-11-20(19)25-23(26)29-16(3)21(27)24-5-2/h7-8,10-16H,4-6,9H2,1-3H3,(H,24,27). The molecule has 5 nitrogen and oxygen atoms in total. The number of thioether (sulfide) groups is 1. The van der Waals surface area contributed by atoms with Crippen molar-refractivity contribution in [2.75, 3.05) is 6.54 Å². The monoisotopic (exact) mass is 409 g/mol. The Hall–Kier alpha value is -2.60. The highest BCUT2D eigenvalue weighted by Crippen LogP contribution is 2.25. The molecule has 0 aliphatic carbocycles. The van der Waals surface area contributed by atoms with E-state index < -0.39 is 0 Å². The Morgan fingerprint density at radius 3 is 2.55 bits per heavy atom. The fourth-order valence-corrected chi connectivity index (χ4v) is 4.09. The number of carbonyl (C=O) groups excluding carboxylic acids is 1. The van der Waals surface area contributed by atoms with E-state index in [1.165, 1.54) is 17.3 Å². The third-order valence-corrected chi connectivity index (χ3v) is 5.81. The van der Waals surface area contributed by atoms with E-state index in [0.29, 0.717) is 22.6 Å². The maximum Gasteiger partial charge on any atom is 0.266 e. The predicted octanol–water partition coefficient (Wildman–Crippen LogP) is 4.35. The molecule has 3 rings (SSSR count). The van der Waals surface area contributed by atoms with E-state index in [1.807, 2.05) is 44.2 Å². The molecular formula is C23H27N3O2S. The van der Waals surface area contributed by atoms with Gasteiger partial charge in [0.2, 0.25) is 5.91 Å². The Balaban J connectivity index is 2.07. The van der Waals surface area contributed by atoms with Crippen molar-refractivity contribution in [1.29, 1.82) is 0 Å². The fourth-order valence-electron chi connectivity index (χ4n) is 3.14. The van der Waals surface area contributed by atoms with Gasteiger partial charge in [0.25, 0.3) is 5.56 Å². The molecule has 1 atom stereocenters. The van der Waals surface area contributed by atoms with Crippen molar-refractivity contribution in [2.45, 2.75) is 50.4 Å². The van der Waals surface area contributed by atoms with Crippen molar-refractivity contribution >= 4 is 28.6 Å². The lowest BCUT2D eigenvalue weighted by Gasteiger charge is -2.16. The van der Waals surface area contributed by atoms with E-state index in [-0.39, 0.29) is 16.7 Å². The normalized spacial score (nSPS) is 12.1. The SMILES string of the molecule is CCCCc1ccc(-n2c(SC(C)C(=O)NCC)nc3ccccc3c2=O)cc1. The Kier molecular flexibility index (Phi) is 7.09. The van der Waals surface area contributed by atoms with Crippen LogP contribution in [0.2, 0.25) is 0 Å². The third kappa shape index (κ3) is 4.88. The van der Waals surface area contributed by atoms with Crippen LogP contribution in [0.25, 0.3) is 16.6 Å². The number of fused-ring (bicyclic) bond motifs is 1. The first-order valence-corrected chi connectivity index (χ1v) is 11.0. The van der Waals surface area contributed by atoms with E-state index in [2.05, 4.69) is 24.4 Å². The molecule has 29 heavy (non-hydrogen) atoms. The average Bonchev–Trinajstić information content (AvgIpc) is 2.73. The molecule has 2 aromatic carbocycles. The minimum absolute atomic E-state index is 0.0682. The van der Waals surface area contributed by atoms with Gasteiger partial charge in [-0.2, -0.15) is 0 Å². The molecule has 0 fully saturated rings. The first-order valence-electron chi connectivity index (χ1n) is 10.1. The maximum absolute atomic E-state index is 13.3. The quantitative estimate of drug-likeness (QED) is 0.444. The molecule has 0 saturated carbocycles. The number of unbranched alkanes of at least 4 members (excludes halogenated alkanes) is 1. The van der Waals surface area contributed by atoms with Crippen molar-refractivity contribution < 1.29 is 4.79 Å². The number of hydrogen-bond donors (Lipinski definition) is 1. The van der Waals surface area contributed by atoms with Crippen molar-refractivity contribution in [3.8, 4) is 5.69 Å². The average molecular weight is 410 g/mol. The third-order valence-electron chi connectivity index (χ3n) is 4.76. The van der Waals surface area contributed by atoms with Gasteiger partial charge in [0.1, 0.15) is 0 Å². The zero-order chi connectivity index (χ0) is 20.8. The van der Waals surface area contributed by atoms with Crippen LogP contribution in [0.15, 0.2) is 58.5 Å². The lowest BCUT2D eigenvalue weighted by atomic mass is 10.1. The van der Waals surface area contributed by atoms with Gasteiger partial charge >= 0.3 is 0 Å². The van der Waals surface area contributed by atoms with Gasteiger partial charge in [-0.1, -0.05) is 49.4 Å². The predicted molar refractivity (Wildman–Crippen MR) is 120 cm³/mol. The number of hydrogen-bond acceptors (Lipinski definition) is 4. The van der Waals surface area contributed by atoms with E-state index in [0.717, 1.165) is 24.9 Å². The smallest absolute Gasteiger partial charge is 0.266 e. The van der Waals surface area contributed by atoms with Crippen LogP contribution in [-0.4, -0.2) is 27.3 Å². The zero-order valence-electron chi connectivity index (χ0n) is 17.1. The number of benzene rings is 2. The Morgan fingerprint density at radius 1 is 1.14 bits per heavy atom. The number of para-hydroxylation sites is 1. The largest absolute Gasteiger partial charge is 0.355 e. The number of carbonyl (C=O) groups is 1. The van der Waals surface area contributed by atoms with Crippen molar-refractivity contribution in [3.63, 3.8) is 0 Å². The minimum atomic E-state index is -0.363. The summed E-state index contributed by atoms with van der Waals surface area (Å²) < 4.78 is 1.62. The lowest BCUT2D eigenvalue weighted by Crippen LogP contribution is -2.31. The molecule has 0 aliphatic heterocycles. The second-order valence-corrected chi connectivity index (χ2v) is 8.28.